The molecule has 0 aromatic carbocycles. The second-order valence-corrected chi connectivity index (χ2v) is 2.02. The second-order valence-electron chi connectivity index (χ2n) is 2.02. The summed E-state index contributed by atoms with van der Waals surface area (Å²) in [4.78, 5) is 10.5. The highest BCUT2D eigenvalue weighted by Crippen LogP contribution is 1.76. The topological polar surface area (TPSA) is 55.1 Å². The molecule has 0 saturated carbocycles. The van der Waals surface area contributed by atoms with Gasteiger partial charge in [0.05, 0.1) is 6.04 Å². The number of carbonyl (C=O) groups excluding carboxylic acids is 1. The van der Waals surface area contributed by atoms with Crippen molar-refractivity contribution in [2.24, 2.45) is 5.73 Å². The number of hydrogen-bond donors (Lipinski definition) is 2. The number of rotatable bonds is 4. The molecule has 3 heteroatoms. The molecule has 54 valence electrons. The van der Waals surface area contributed by atoms with Gasteiger partial charge in [-0.25, -0.2) is 0 Å². The standard InChI is InChI=1S/C6H14N2O/c1-3-8-4-6(7)5(2)9/h6,8H,3-4,7H2,1-2H3. The molecule has 3 N–H and O–H groups in total. The van der Waals surface area contributed by atoms with E-state index >= 15 is 0 Å². The van der Waals surface area contributed by atoms with Crippen molar-refractivity contribution in [1.82, 2.24) is 5.32 Å². The van der Waals surface area contributed by atoms with Crippen LogP contribution >= 0.6 is 0 Å². The van der Waals surface area contributed by atoms with Gasteiger partial charge in [-0.1, -0.05) is 6.92 Å². The number of hydrogen-bond acceptors (Lipinski definition) is 3. The number of likely N-dealkylation sites (N-methyl/N-ethyl adjacent to an activating group) is 1. The molecule has 9 heavy (non-hydrogen) atoms. The van der Waals surface area contributed by atoms with Crippen molar-refractivity contribution in [2.75, 3.05) is 13.1 Å². The Balaban J connectivity index is 3.27. The summed E-state index contributed by atoms with van der Waals surface area (Å²) in [6.07, 6.45) is 0. The zero-order valence-corrected chi connectivity index (χ0v) is 5.98. The van der Waals surface area contributed by atoms with Crippen molar-refractivity contribution >= 4 is 5.78 Å². The van der Waals surface area contributed by atoms with Crippen molar-refractivity contribution < 1.29 is 4.79 Å². The van der Waals surface area contributed by atoms with E-state index in [2.05, 4.69) is 5.32 Å². The highest BCUT2D eigenvalue weighted by atomic mass is 16.1. The van der Waals surface area contributed by atoms with Crippen LogP contribution in [0, 0.1) is 0 Å². The molecule has 0 aliphatic heterocycles. The number of carbonyl (C=O) groups is 1. The highest BCUT2D eigenvalue weighted by molar-refractivity contribution is 5.81. The molecule has 0 aromatic rings. The van der Waals surface area contributed by atoms with E-state index in [4.69, 9.17) is 5.73 Å². The van der Waals surface area contributed by atoms with Crippen LogP contribution in [-0.2, 0) is 4.79 Å². The van der Waals surface area contributed by atoms with E-state index in [9.17, 15) is 4.79 Å². The van der Waals surface area contributed by atoms with Gasteiger partial charge in [-0.3, -0.25) is 4.79 Å². The van der Waals surface area contributed by atoms with Crippen LogP contribution in [0.15, 0.2) is 0 Å². The van der Waals surface area contributed by atoms with Crippen molar-refractivity contribution in [3.8, 4) is 0 Å². The fraction of sp³-hybridized carbons (Fsp3) is 0.833. The van der Waals surface area contributed by atoms with Crippen LogP contribution in [0.25, 0.3) is 0 Å². The van der Waals surface area contributed by atoms with E-state index in [1.807, 2.05) is 6.92 Å². The molecule has 0 radical (unpaired) electrons. The molecule has 0 saturated heterocycles. The second kappa shape index (κ2) is 4.47. The first-order valence-electron chi connectivity index (χ1n) is 3.15. The third-order valence-corrected chi connectivity index (χ3v) is 1.14. The number of ketones is 1. The molecule has 0 spiro atoms. The minimum Gasteiger partial charge on any atom is -0.320 e. The van der Waals surface area contributed by atoms with Gasteiger partial charge in [0.15, 0.2) is 0 Å². The van der Waals surface area contributed by atoms with Gasteiger partial charge >= 0.3 is 0 Å². The summed E-state index contributed by atoms with van der Waals surface area (Å²) in [5, 5.41) is 2.98. The van der Waals surface area contributed by atoms with Crippen LogP contribution in [0.5, 0.6) is 0 Å². The number of nitrogens with one attached hydrogen (secondary N) is 1. The maximum atomic E-state index is 10.5. The van der Waals surface area contributed by atoms with Gasteiger partial charge < -0.3 is 11.1 Å². The minimum absolute atomic E-state index is 0.0379. The molecular formula is C6H14N2O. The SMILES string of the molecule is CCNCC(N)C(C)=O. The first-order chi connectivity index (χ1) is 4.18. The van der Waals surface area contributed by atoms with Crippen LogP contribution < -0.4 is 11.1 Å². The normalized spacial score (nSPS) is 13.2. The third kappa shape index (κ3) is 4.12. The zero-order chi connectivity index (χ0) is 7.28. The average Bonchev–Trinajstić information content (AvgIpc) is 1.82. The van der Waals surface area contributed by atoms with E-state index in [0.29, 0.717) is 6.54 Å². The highest BCUT2D eigenvalue weighted by Gasteiger charge is 2.04. The van der Waals surface area contributed by atoms with Gasteiger partial charge in [-0.15, -0.1) is 0 Å². The number of Topliss-reactive ketones (excluding diaryl/α,β-unsaturated/α-hetero) is 1. The van der Waals surface area contributed by atoms with E-state index in [0.717, 1.165) is 6.54 Å². The Hall–Kier alpha value is -0.410. The smallest absolute Gasteiger partial charge is 0.147 e. The maximum absolute atomic E-state index is 10.5. The summed E-state index contributed by atoms with van der Waals surface area (Å²) in [6, 6.07) is -0.329. The predicted octanol–water partition coefficient (Wildman–Crippen LogP) is -0.488. The Morgan fingerprint density at radius 2 is 2.33 bits per heavy atom. The molecule has 0 bridgehead atoms. The molecule has 0 aliphatic carbocycles. The summed E-state index contributed by atoms with van der Waals surface area (Å²) in [6.45, 7) is 4.93. The average molecular weight is 130 g/mol. The van der Waals surface area contributed by atoms with Crippen molar-refractivity contribution in [3.05, 3.63) is 0 Å². The van der Waals surface area contributed by atoms with E-state index < -0.39 is 0 Å². The lowest BCUT2D eigenvalue weighted by Crippen LogP contribution is -2.38. The molecule has 0 aliphatic rings. The maximum Gasteiger partial charge on any atom is 0.147 e. The van der Waals surface area contributed by atoms with Crippen LogP contribution in [0.3, 0.4) is 0 Å². The fourth-order valence-electron chi connectivity index (χ4n) is 0.444. The van der Waals surface area contributed by atoms with Gasteiger partial charge in [0.2, 0.25) is 0 Å². The number of nitrogens with two attached hydrogens (primary N) is 1. The van der Waals surface area contributed by atoms with E-state index in [-0.39, 0.29) is 11.8 Å². The van der Waals surface area contributed by atoms with Gasteiger partial charge in [0, 0.05) is 6.54 Å². The molecular weight excluding hydrogens is 116 g/mol. The lowest BCUT2D eigenvalue weighted by Gasteiger charge is -2.06. The Labute approximate surface area is 55.6 Å². The summed E-state index contributed by atoms with van der Waals surface area (Å²) in [7, 11) is 0. The quantitative estimate of drug-likeness (QED) is 0.540. The fourth-order valence-corrected chi connectivity index (χ4v) is 0.444. The molecule has 1 unspecified atom stereocenters. The van der Waals surface area contributed by atoms with Crippen LogP contribution in [0.1, 0.15) is 13.8 Å². The first-order valence-corrected chi connectivity index (χ1v) is 3.15. The van der Waals surface area contributed by atoms with Crippen LogP contribution in [0.2, 0.25) is 0 Å². The van der Waals surface area contributed by atoms with E-state index in [1.165, 1.54) is 6.92 Å². The van der Waals surface area contributed by atoms with Crippen molar-refractivity contribution in [3.63, 3.8) is 0 Å². The molecule has 1 atom stereocenters. The monoisotopic (exact) mass is 130 g/mol. The van der Waals surface area contributed by atoms with Gasteiger partial charge in [0.25, 0.3) is 0 Å². The van der Waals surface area contributed by atoms with Crippen LogP contribution in [-0.4, -0.2) is 24.9 Å². The molecule has 3 nitrogen and oxygen atoms in total. The molecule has 0 heterocycles. The largest absolute Gasteiger partial charge is 0.320 e. The van der Waals surface area contributed by atoms with Gasteiger partial charge in [0.1, 0.15) is 5.78 Å². The lowest BCUT2D eigenvalue weighted by molar-refractivity contribution is -0.118. The summed E-state index contributed by atoms with van der Waals surface area (Å²) >= 11 is 0. The lowest BCUT2D eigenvalue weighted by atomic mass is 10.2. The summed E-state index contributed by atoms with van der Waals surface area (Å²) in [5.41, 5.74) is 5.39. The van der Waals surface area contributed by atoms with Crippen LogP contribution in [0.4, 0.5) is 0 Å². The Morgan fingerprint density at radius 3 is 2.67 bits per heavy atom. The first kappa shape index (κ1) is 8.59. The summed E-state index contributed by atoms with van der Waals surface area (Å²) in [5.74, 6) is 0.0379. The zero-order valence-electron chi connectivity index (χ0n) is 5.98. The van der Waals surface area contributed by atoms with Crippen molar-refractivity contribution in [1.29, 1.82) is 0 Å². The van der Waals surface area contributed by atoms with E-state index in [1.54, 1.807) is 0 Å². The Bertz CT molecular complexity index is 93.1. The minimum atomic E-state index is -0.329. The summed E-state index contributed by atoms with van der Waals surface area (Å²) < 4.78 is 0. The molecule has 0 rings (SSSR count). The van der Waals surface area contributed by atoms with Gasteiger partial charge in [-0.2, -0.15) is 0 Å². The van der Waals surface area contributed by atoms with Gasteiger partial charge in [-0.05, 0) is 13.5 Å². The Kier molecular flexibility index (Phi) is 4.26. The molecule has 0 aromatic heterocycles. The molecule has 0 amide bonds. The predicted molar refractivity (Wildman–Crippen MR) is 37.2 cm³/mol. The Morgan fingerprint density at radius 1 is 1.78 bits per heavy atom. The van der Waals surface area contributed by atoms with Crippen molar-refractivity contribution in [2.45, 2.75) is 19.9 Å². The molecule has 0 fully saturated rings. The third-order valence-electron chi connectivity index (χ3n) is 1.14.